The van der Waals surface area contributed by atoms with Gasteiger partial charge in [0.25, 0.3) is 5.91 Å². The summed E-state index contributed by atoms with van der Waals surface area (Å²) in [6, 6.07) is 11.8. The van der Waals surface area contributed by atoms with Crippen LogP contribution in [-0.2, 0) is 14.3 Å². The van der Waals surface area contributed by atoms with Gasteiger partial charge in [0.1, 0.15) is 13.2 Å². The molecule has 2 aliphatic heterocycles. The molecule has 150 valence electrons. The molecule has 8 heteroatoms. The Morgan fingerprint density at radius 2 is 1.86 bits per heavy atom. The molecule has 2 amide bonds. The highest BCUT2D eigenvalue weighted by atomic mass is 16.6. The van der Waals surface area contributed by atoms with Crippen LogP contribution in [0.4, 0.5) is 11.4 Å². The normalized spacial score (nSPS) is 15.2. The Kier molecular flexibility index (Phi) is 5.33. The van der Waals surface area contributed by atoms with E-state index in [1.54, 1.807) is 47.4 Å². The predicted molar refractivity (Wildman–Crippen MR) is 104 cm³/mol. The number of para-hydroxylation sites is 1. The van der Waals surface area contributed by atoms with Gasteiger partial charge >= 0.3 is 5.97 Å². The first kappa shape index (κ1) is 18.8. The van der Waals surface area contributed by atoms with Crippen LogP contribution in [0, 0.1) is 0 Å². The first-order valence-electron chi connectivity index (χ1n) is 9.38. The predicted octanol–water partition coefficient (Wildman–Crippen LogP) is 2.38. The third-order valence-electron chi connectivity index (χ3n) is 4.65. The average Bonchev–Trinajstić information content (AvgIpc) is 3.17. The lowest BCUT2D eigenvalue weighted by Gasteiger charge is -2.19. The summed E-state index contributed by atoms with van der Waals surface area (Å²) in [4.78, 5) is 38.3. The Hall–Kier alpha value is -3.55. The number of hydrogen-bond donors (Lipinski definition) is 1. The van der Waals surface area contributed by atoms with Gasteiger partial charge in [0.15, 0.2) is 18.1 Å². The molecule has 0 unspecified atom stereocenters. The number of fused-ring (bicyclic) bond motifs is 1. The van der Waals surface area contributed by atoms with Crippen molar-refractivity contribution in [2.45, 2.75) is 12.8 Å². The van der Waals surface area contributed by atoms with Crippen LogP contribution in [-0.4, -0.2) is 44.1 Å². The molecule has 1 N–H and O–H groups in total. The zero-order valence-corrected chi connectivity index (χ0v) is 15.7. The summed E-state index contributed by atoms with van der Waals surface area (Å²) in [5, 5.41) is 2.66. The van der Waals surface area contributed by atoms with E-state index in [1.165, 1.54) is 0 Å². The lowest BCUT2D eigenvalue weighted by atomic mass is 10.1. The van der Waals surface area contributed by atoms with Crippen molar-refractivity contribution < 1.29 is 28.6 Å². The molecule has 0 radical (unpaired) electrons. The summed E-state index contributed by atoms with van der Waals surface area (Å²) >= 11 is 0. The van der Waals surface area contributed by atoms with Crippen molar-refractivity contribution in [1.82, 2.24) is 0 Å². The second-order valence-corrected chi connectivity index (χ2v) is 6.65. The number of carbonyl (C=O) groups excluding carboxylic acids is 3. The molecule has 0 aliphatic carbocycles. The molecule has 0 spiro atoms. The Balaban J connectivity index is 1.37. The van der Waals surface area contributed by atoms with Crippen LogP contribution in [0.15, 0.2) is 42.5 Å². The lowest BCUT2D eigenvalue weighted by molar-refractivity contribution is -0.119. The Morgan fingerprint density at radius 3 is 2.66 bits per heavy atom. The third-order valence-corrected chi connectivity index (χ3v) is 4.65. The first-order chi connectivity index (χ1) is 14.1. The summed E-state index contributed by atoms with van der Waals surface area (Å²) in [7, 11) is 0. The van der Waals surface area contributed by atoms with E-state index in [2.05, 4.69) is 5.32 Å². The Morgan fingerprint density at radius 1 is 1.07 bits per heavy atom. The maximum Gasteiger partial charge on any atom is 0.340 e. The van der Waals surface area contributed by atoms with Crippen LogP contribution in [0.5, 0.6) is 11.5 Å². The van der Waals surface area contributed by atoms with E-state index in [1.807, 2.05) is 0 Å². The highest BCUT2D eigenvalue weighted by Crippen LogP contribution is 2.32. The highest BCUT2D eigenvalue weighted by Gasteiger charge is 2.26. The smallest absolute Gasteiger partial charge is 0.340 e. The van der Waals surface area contributed by atoms with Gasteiger partial charge in [0.2, 0.25) is 5.91 Å². The maximum atomic E-state index is 12.5. The molecule has 2 aromatic carbocycles. The molecule has 0 saturated carbocycles. The van der Waals surface area contributed by atoms with Gasteiger partial charge < -0.3 is 24.4 Å². The number of ether oxygens (including phenoxy) is 3. The summed E-state index contributed by atoms with van der Waals surface area (Å²) < 4.78 is 16.1. The van der Waals surface area contributed by atoms with Crippen LogP contribution in [0.3, 0.4) is 0 Å². The fraction of sp³-hybridized carbons (Fsp3) is 0.286. The van der Waals surface area contributed by atoms with Crippen molar-refractivity contribution in [3.05, 3.63) is 48.0 Å². The van der Waals surface area contributed by atoms with Crippen molar-refractivity contribution in [3.8, 4) is 11.5 Å². The van der Waals surface area contributed by atoms with Gasteiger partial charge in [-0.05, 0) is 30.7 Å². The van der Waals surface area contributed by atoms with Crippen molar-refractivity contribution in [1.29, 1.82) is 0 Å². The maximum absolute atomic E-state index is 12.5. The molecule has 2 aromatic rings. The monoisotopic (exact) mass is 396 g/mol. The molecular weight excluding hydrogens is 376 g/mol. The van der Waals surface area contributed by atoms with Crippen molar-refractivity contribution in [2.24, 2.45) is 0 Å². The fourth-order valence-electron chi connectivity index (χ4n) is 3.31. The molecule has 2 aliphatic rings. The topological polar surface area (TPSA) is 94.2 Å². The van der Waals surface area contributed by atoms with Gasteiger partial charge in [-0.1, -0.05) is 12.1 Å². The number of nitrogens with one attached hydrogen (secondary N) is 1. The minimum absolute atomic E-state index is 0.0263. The molecule has 0 bridgehead atoms. The van der Waals surface area contributed by atoms with Gasteiger partial charge in [-0.3, -0.25) is 9.59 Å². The molecule has 1 saturated heterocycles. The summed E-state index contributed by atoms with van der Waals surface area (Å²) in [6.07, 6.45) is 1.21. The van der Waals surface area contributed by atoms with E-state index < -0.39 is 18.5 Å². The number of benzene rings is 2. The van der Waals surface area contributed by atoms with E-state index in [0.717, 1.165) is 6.42 Å². The molecule has 8 nitrogen and oxygen atoms in total. The van der Waals surface area contributed by atoms with Crippen molar-refractivity contribution in [2.75, 3.05) is 36.6 Å². The minimum atomic E-state index is -0.655. The van der Waals surface area contributed by atoms with E-state index in [4.69, 9.17) is 14.2 Å². The Bertz CT molecular complexity index is 958. The van der Waals surface area contributed by atoms with Gasteiger partial charge in [-0.15, -0.1) is 0 Å². The number of carbonyl (C=O) groups is 3. The highest BCUT2D eigenvalue weighted by molar-refractivity contribution is 6.04. The van der Waals surface area contributed by atoms with Crippen molar-refractivity contribution >= 4 is 29.2 Å². The van der Waals surface area contributed by atoms with Gasteiger partial charge in [-0.25, -0.2) is 4.79 Å². The largest absolute Gasteiger partial charge is 0.486 e. The SMILES string of the molecule is O=C(COC(=O)c1ccccc1N1CCCC1=O)Nc1ccc2c(c1)OCCO2. The van der Waals surface area contributed by atoms with Crippen LogP contribution in [0.25, 0.3) is 0 Å². The molecule has 29 heavy (non-hydrogen) atoms. The second kappa shape index (κ2) is 8.22. The number of esters is 1. The van der Waals surface area contributed by atoms with Crippen LogP contribution in [0.2, 0.25) is 0 Å². The zero-order chi connectivity index (χ0) is 20.2. The third kappa shape index (κ3) is 4.16. The summed E-state index contributed by atoms with van der Waals surface area (Å²) in [5.74, 6) is 0.00739. The second-order valence-electron chi connectivity index (χ2n) is 6.65. The van der Waals surface area contributed by atoms with E-state index in [-0.39, 0.29) is 11.5 Å². The number of hydrogen-bond acceptors (Lipinski definition) is 6. The zero-order valence-electron chi connectivity index (χ0n) is 15.7. The lowest BCUT2D eigenvalue weighted by Crippen LogP contribution is -2.27. The number of nitrogens with zero attached hydrogens (tertiary/aromatic N) is 1. The van der Waals surface area contributed by atoms with E-state index in [9.17, 15) is 14.4 Å². The molecule has 2 heterocycles. The van der Waals surface area contributed by atoms with Crippen molar-refractivity contribution in [3.63, 3.8) is 0 Å². The van der Waals surface area contributed by atoms with Gasteiger partial charge in [0, 0.05) is 24.7 Å². The van der Waals surface area contributed by atoms with Crippen LogP contribution >= 0.6 is 0 Å². The number of anilines is 2. The quantitative estimate of drug-likeness (QED) is 0.780. The van der Waals surface area contributed by atoms with Crippen LogP contribution < -0.4 is 19.7 Å². The summed E-state index contributed by atoms with van der Waals surface area (Å²) in [6.45, 7) is 1.05. The summed E-state index contributed by atoms with van der Waals surface area (Å²) in [5.41, 5.74) is 1.28. The number of rotatable bonds is 5. The van der Waals surface area contributed by atoms with E-state index >= 15 is 0 Å². The van der Waals surface area contributed by atoms with Gasteiger partial charge in [-0.2, -0.15) is 0 Å². The van der Waals surface area contributed by atoms with Crippen LogP contribution in [0.1, 0.15) is 23.2 Å². The molecule has 0 atom stereocenters. The minimum Gasteiger partial charge on any atom is -0.486 e. The molecule has 1 fully saturated rings. The molecular formula is C21H20N2O6. The molecule has 0 aromatic heterocycles. The average molecular weight is 396 g/mol. The number of amides is 2. The standard InChI is InChI=1S/C21H20N2O6/c24-19(22-14-7-8-17-18(12-14)28-11-10-27-17)13-29-21(26)15-4-1-2-5-16(15)23-9-3-6-20(23)25/h1-2,4-5,7-8,12H,3,6,9-11,13H2,(H,22,24). The van der Waals surface area contributed by atoms with Gasteiger partial charge in [0.05, 0.1) is 11.3 Å². The fourth-order valence-corrected chi connectivity index (χ4v) is 3.31. The van der Waals surface area contributed by atoms with E-state index in [0.29, 0.717) is 49.1 Å². The Labute approximate surface area is 167 Å². The first-order valence-corrected chi connectivity index (χ1v) is 9.38. The molecule has 4 rings (SSSR count).